The molecule has 78 valence electrons. The third kappa shape index (κ3) is 3.35. The molecule has 1 rings (SSSR count). The SMILES string of the molecule is CS(=O)(=O)c1cccc(CCCS)c1. The highest BCUT2D eigenvalue weighted by molar-refractivity contribution is 7.90. The summed E-state index contributed by atoms with van der Waals surface area (Å²) in [5.41, 5.74) is 1.06. The van der Waals surface area contributed by atoms with E-state index >= 15 is 0 Å². The molecule has 0 atom stereocenters. The number of aryl methyl sites for hydroxylation is 1. The van der Waals surface area contributed by atoms with E-state index in [9.17, 15) is 8.42 Å². The lowest BCUT2D eigenvalue weighted by atomic mass is 10.1. The van der Waals surface area contributed by atoms with Gasteiger partial charge < -0.3 is 0 Å². The molecule has 0 bridgehead atoms. The first-order valence-corrected chi connectivity index (χ1v) is 6.96. The summed E-state index contributed by atoms with van der Waals surface area (Å²) >= 11 is 4.12. The Labute approximate surface area is 90.7 Å². The molecule has 14 heavy (non-hydrogen) atoms. The van der Waals surface area contributed by atoms with E-state index in [-0.39, 0.29) is 0 Å². The van der Waals surface area contributed by atoms with E-state index in [0.717, 1.165) is 24.2 Å². The fourth-order valence-corrected chi connectivity index (χ4v) is 2.06. The number of thiol groups is 1. The number of hydrogen-bond donors (Lipinski definition) is 1. The maximum Gasteiger partial charge on any atom is 0.175 e. The average molecular weight is 230 g/mol. The molecule has 1 aromatic carbocycles. The van der Waals surface area contributed by atoms with Crippen molar-refractivity contribution in [2.45, 2.75) is 17.7 Å². The van der Waals surface area contributed by atoms with Crippen molar-refractivity contribution in [1.82, 2.24) is 0 Å². The zero-order valence-electron chi connectivity index (χ0n) is 8.10. The van der Waals surface area contributed by atoms with Crippen LogP contribution < -0.4 is 0 Å². The molecule has 0 amide bonds. The topological polar surface area (TPSA) is 34.1 Å². The lowest BCUT2D eigenvalue weighted by molar-refractivity contribution is 0.601. The van der Waals surface area contributed by atoms with Crippen molar-refractivity contribution < 1.29 is 8.42 Å². The molecule has 0 saturated heterocycles. The lowest BCUT2D eigenvalue weighted by Gasteiger charge is -2.02. The molecule has 0 radical (unpaired) electrons. The lowest BCUT2D eigenvalue weighted by Crippen LogP contribution is -1.98. The Kier molecular flexibility index (Phi) is 4.01. The molecule has 0 heterocycles. The molecule has 1 aromatic rings. The summed E-state index contributed by atoms with van der Waals surface area (Å²) in [4.78, 5) is 0.397. The van der Waals surface area contributed by atoms with Gasteiger partial charge in [0, 0.05) is 6.26 Å². The second-order valence-corrected chi connectivity index (χ2v) is 5.71. The van der Waals surface area contributed by atoms with Crippen LogP contribution in [0, 0.1) is 0 Å². The summed E-state index contributed by atoms with van der Waals surface area (Å²) in [6.07, 6.45) is 3.08. The summed E-state index contributed by atoms with van der Waals surface area (Å²) in [6.45, 7) is 0. The van der Waals surface area contributed by atoms with Crippen molar-refractivity contribution in [3.63, 3.8) is 0 Å². The zero-order valence-corrected chi connectivity index (χ0v) is 9.81. The van der Waals surface area contributed by atoms with Gasteiger partial charge in [-0.2, -0.15) is 12.6 Å². The molecule has 0 aromatic heterocycles. The van der Waals surface area contributed by atoms with Crippen LogP contribution in [0.2, 0.25) is 0 Å². The zero-order chi connectivity index (χ0) is 10.6. The normalized spacial score (nSPS) is 11.6. The smallest absolute Gasteiger partial charge is 0.175 e. The molecular formula is C10H14O2S2. The first-order valence-electron chi connectivity index (χ1n) is 4.44. The van der Waals surface area contributed by atoms with Gasteiger partial charge in [-0.15, -0.1) is 0 Å². The molecule has 0 aliphatic carbocycles. The monoisotopic (exact) mass is 230 g/mol. The van der Waals surface area contributed by atoms with Crippen LogP contribution in [0.3, 0.4) is 0 Å². The Morgan fingerprint density at radius 2 is 2.07 bits per heavy atom. The molecule has 0 unspecified atom stereocenters. The molecule has 0 saturated carbocycles. The van der Waals surface area contributed by atoms with Crippen LogP contribution in [-0.2, 0) is 16.3 Å². The van der Waals surface area contributed by atoms with Gasteiger partial charge in [0.2, 0.25) is 0 Å². The molecular weight excluding hydrogens is 216 g/mol. The fraction of sp³-hybridized carbons (Fsp3) is 0.400. The Morgan fingerprint density at radius 1 is 1.36 bits per heavy atom. The van der Waals surface area contributed by atoms with Crippen LogP contribution in [0.4, 0.5) is 0 Å². The van der Waals surface area contributed by atoms with E-state index in [0.29, 0.717) is 4.90 Å². The van der Waals surface area contributed by atoms with E-state index in [4.69, 9.17) is 0 Å². The largest absolute Gasteiger partial charge is 0.224 e. The van der Waals surface area contributed by atoms with E-state index in [1.807, 2.05) is 6.07 Å². The third-order valence-corrected chi connectivity index (χ3v) is 3.38. The molecule has 2 nitrogen and oxygen atoms in total. The van der Waals surface area contributed by atoms with Gasteiger partial charge >= 0.3 is 0 Å². The second-order valence-electron chi connectivity index (χ2n) is 3.25. The predicted molar refractivity (Wildman–Crippen MR) is 61.7 cm³/mol. The minimum atomic E-state index is -3.07. The van der Waals surface area contributed by atoms with Gasteiger partial charge in [-0.25, -0.2) is 8.42 Å². The van der Waals surface area contributed by atoms with Crippen LogP contribution in [0.15, 0.2) is 29.2 Å². The van der Waals surface area contributed by atoms with Crippen LogP contribution in [-0.4, -0.2) is 20.4 Å². The number of sulfone groups is 1. The van der Waals surface area contributed by atoms with Gasteiger partial charge in [0.25, 0.3) is 0 Å². The average Bonchev–Trinajstić information content (AvgIpc) is 2.14. The number of rotatable bonds is 4. The summed E-state index contributed by atoms with van der Waals surface area (Å²) in [5, 5.41) is 0. The molecule has 0 spiro atoms. The van der Waals surface area contributed by atoms with E-state index in [2.05, 4.69) is 12.6 Å². The van der Waals surface area contributed by atoms with Crippen LogP contribution in [0.1, 0.15) is 12.0 Å². The van der Waals surface area contributed by atoms with Gasteiger partial charge in [0.05, 0.1) is 4.90 Å². The third-order valence-electron chi connectivity index (χ3n) is 1.95. The summed E-state index contributed by atoms with van der Waals surface area (Å²) in [7, 11) is -3.07. The predicted octanol–water partition coefficient (Wildman–Crippen LogP) is 1.95. The Bertz CT molecular complexity index is 396. The first-order chi connectivity index (χ1) is 6.54. The van der Waals surface area contributed by atoms with Crippen molar-refractivity contribution in [2.75, 3.05) is 12.0 Å². The van der Waals surface area contributed by atoms with Gasteiger partial charge in [0.15, 0.2) is 9.84 Å². The van der Waals surface area contributed by atoms with Crippen LogP contribution in [0.25, 0.3) is 0 Å². The molecule has 0 aliphatic heterocycles. The first kappa shape index (κ1) is 11.6. The highest BCUT2D eigenvalue weighted by atomic mass is 32.2. The Balaban J connectivity index is 2.90. The van der Waals surface area contributed by atoms with Gasteiger partial charge in [0.1, 0.15) is 0 Å². The van der Waals surface area contributed by atoms with E-state index < -0.39 is 9.84 Å². The van der Waals surface area contributed by atoms with E-state index in [1.54, 1.807) is 18.2 Å². The number of benzene rings is 1. The molecule has 4 heteroatoms. The highest BCUT2D eigenvalue weighted by Gasteiger charge is 2.06. The summed E-state index contributed by atoms with van der Waals surface area (Å²) in [6, 6.07) is 7.08. The van der Waals surface area contributed by atoms with Gasteiger partial charge in [-0.05, 0) is 36.3 Å². The number of hydrogen-bond acceptors (Lipinski definition) is 3. The standard InChI is InChI=1S/C10H14O2S2/c1-14(11,12)10-6-2-4-9(8-10)5-3-7-13/h2,4,6,8,13H,3,5,7H2,1H3. The summed E-state index contributed by atoms with van der Waals surface area (Å²) in [5.74, 6) is 0.823. The maximum absolute atomic E-state index is 11.2. The van der Waals surface area contributed by atoms with Crippen molar-refractivity contribution in [3.05, 3.63) is 29.8 Å². The summed E-state index contributed by atoms with van der Waals surface area (Å²) < 4.78 is 22.5. The highest BCUT2D eigenvalue weighted by Crippen LogP contribution is 2.12. The van der Waals surface area contributed by atoms with E-state index in [1.165, 1.54) is 6.26 Å². The van der Waals surface area contributed by atoms with Crippen molar-refractivity contribution in [3.8, 4) is 0 Å². The Morgan fingerprint density at radius 3 is 2.64 bits per heavy atom. The van der Waals surface area contributed by atoms with Crippen LogP contribution >= 0.6 is 12.6 Å². The molecule has 0 N–H and O–H groups in total. The molecule has 0 aliphatic rings. The van der Waals surface area contributed by atoms with Crippen molar-refractivity contribution in [2.24, 2.45) is 0 Å². The Hall–Kier alpha value is -0.480. The molecule has 0 fully saturated rings. The maximum atomic E-state index is 11.2. The fourth-order valence-electron chi connectivity index (χ4n) is 1.21. The van der Waals surface area contributed by atoms with Crippen molar-refractivity contribution in [1.29, 1.82) is 0 Å². The minimum Gasteiger partial charge on any atom is -0.224 e. The minimum absolute atomic E-state index is 0.397. The van der Waals surface area contributed by atoms with Crippen molar-refractivity contribution >= 4 is 22.5 Å². The van der Waals surface area contributed by atoms with Crippen LogP contribution in [0.5, 0.6) is 0 Å². The van der Waals surface area contributed by atoms with Gasteiger partial charge in [-0.3, -0.25) is 0 Å². The quantitative estimate of drug-likeness (QED) is 0.802. The van der Waals surface area contributed by atoms with Gasteiger partial charge in [-0.1, -0.05) is 12.1 Å². The second kappa shape index (κ2) is 4.84.